The summed E-state index contributed by atoms with van der Waals surface area (Å²) in [7, 11) is -0.322. The summed E-state index contributed by atoms with van der Waals surface area (Å²) >= 11 is 1.78. The third kappa shape index (κ3) is 15.0. The number of allylic oxidation sites excluding steroid dienone is 5. The molecule has 1 atom stereocenters. The van der Waals surface area contributed by atoms with Crippen molar-refractivity contribution in [3.8, 4) is 0 Å². The molecule has 0 N–H and O–H groups in total. The van der Waals surface area contributed by atoms with E-state index >= 15 is 0 Å². The molecule has 0 saturated carbocycles. The Morgan fingerprint density at radius 2 is 1.67 bits per heavy atom. The van der Waals surface area contributed by atoms with E-state index in [0.29, 0.717) is 16.9 Å². The summed E-state index contributed by atoms with van der Waals surface area (Å²) < 4.78 is 11.6. The smallest absolute Gasteiger partial charge is 0.334 e. The summed E-state index contributed by atoms with van der Waals surface area (Å²) in [5.41, 5.74) is 3.62. The van der Waals surface area contributed by atoms with Gasteiger partial charge in [0, 0.05) is 17.9 Å². The second-order valence-electron chi connectivity index (χ2n) is 11.2. The lowest BCUT2D eigenvalue weighted by atomic mass is 9.97. The molecule has 0 saturated heterocycles. The van der Waals surface area contributed by atoms with Crippen molar-refractivity contribution in [2.75, 3.05) is 19.5 Å². The molecule has 0 radical (unpaired) electrons. The molecule has 0 aromatic heterocycles. The Bertz CT molecular complexity index is 665. The van der Waals surface area contributed by atoms with Crippen molar-refractivity contribution in [3.63, 3.8) is 0 Å². The van der Waals surface area contributed by atoms with E-state index in [1.165, 1.54) is 18.3 Å². The number of carbonyl (C=O) groups excluding carboxylic acids is 1. The van der Waals surface area contributed by atoms with Gasteiger partial charge in [-0.05, 0) is 82.2 Å². The fourth-order valence-corrected chi connectivity index (χ4v) is 4.79. The van der Waals surface area contributed by atoms with Crippen molar-refractivity contribution >= 4 is 26.0 Å². The fraction of sp³-hybridized carbons (Fsp3) is 0.750. The first-order chi connectivity index (χ1) is 15.2. The van der Waals surface area contributed by atoms with Crippen molar-refractivity contribution in [1.82, 2.24) is 0 Å². The highest BCUT2D eigenvalue weighted by Gasteiger charge is 2.37. The molecule has 5 heteroatoms. The number of thioether (sulfide) groups is 1. The third-order valence-electron chi connectivity index (χ3n) is 6.36. The number of rotatable bonds is 15. The molecule has 0 fully saturated rings. The van der Waals surface area contributed by atoms with Crippen LogP contribution in [0.3, 0.4) is 0 Å². The van der Waals surface area contributed by atoms with E-state index < -0.39 is 8.32 Å². The van der Waals surface area contributed by atoms with Crippen LogP contribution in [0, 0.1) is 5.92 Å². The second kappa shape index (κ2) is 16.0. The van der Waals surface area contributed by atoms with Gasteiger partial charge in [-0.2, -0.15) is 11.8 Å². The van der Waals surface area contributed by atoms with Gasteiger partial charge in [-0.1, -0.05) is 64.0 Å². The summed E-state index contributed by atoms with van der Waals surface area (Å²) in [4.78, 5) is 12.2. The highest BCUT2D eigenvalue weighted by Crippen LogP contribution is 2.37. The Morgan fingerprint density at radius 1 is 1.03 bits per heavy atom. The maximum absolute atomic E-state index is 12.2. The van der Waals surface area contributed by atoms with E-state index in [1.807, 2.05) is 0 Å². The van der Waals surface area contributed by atoms with Crippen LogP contribution in [0.5, 0.6) is 0 Å². The maximum Gasteiger partial charge on any atom is 0.334 e. The average Bonchev–Trinajstić information content (AvgIpc) is 2.69. The average molecular weight is 497 g/mol. The van der Waals surface area contributed by atoms with Crippen LogP contribution >= 0.6 is 11.8 Å². The third-order valence-corrected chi connectivity index (χ3v) is 12.0. The first-order valence-corrected chi connectivity index (χ1v) is 16.5. The highest BCUT2D eigenvalue weighted by molar-refractivity contribution is 8.00. The van der Waals surface area contributed by atoms with Gasteiger partial charge in [-0.25, -0.2) is 4.79 Å². The molecule has 0 bridgehead atoms. The topological polar surface area (TPSA) is 35.5 Å². The van der Waals surface area contributed by atoms with Crippen molar-refractivity contribution in [2.45, 2.75) is 111 Å². The van der Waals surface area contributed by atoms with Crippen LogP contribution in [0.4, 0.5) is 0 Å². The zero-order chi connectivity index (χ0) is 25.7. The molecule has 3 nitrogen and oxygen atoms in total. The van der Waals surface area contributed by atoms with Crippen LogP contribution in [0.25, 0.3) is 0 Å². The van der Waals surface area contributed by atoms with Crippen molar-refractivity contribution in [1.29, 1.82) is 0 Å². The van der Waals surface area contributed by atoms with E-state index in [1.54, 1.807) is 11.8 Å². The Balaban J connectivity index is 5.26. The molecular formula is C28H52O3SSi. The molecule has 0 aliphatic rings. The standard InChI is InChI=1S/C28H52O3SSi/c1-22(2)14-12-15-24(5)18-19-25(20-31-33(10,11)28(6,7)8)16-13-17-26(27(29)30-9)21-32-23(3)4/h14,17-18,23,25H,12-13,15-16,19-21H2,1-11H3/b24-18+,26-17+. The van der Waals surface area contributed by atoms with E-state index in [0.717, 1.165) is 44.3 Å². The highest BCUT2D eigenvalue weighted by atomic mass is 32.2. The molecule has 0 heterocycles. The summed E-state index contributed by atoms with van der Waals surface area (Å²) in [5.74, 6) is 0.955. The van der Waals surface area contributed by atoms with Crippen LogP contribution in [0.15, 0.2) is 34.9 Å². The Labute approximate surface area is 211 Å². The van der Waals surface area contributed by atoms with Crippen molar-refractivity contribution < 1.29 is 14.0 Å². The van der Waals surface area contributed by atoms with Gasteiger partial charge in [0.25, 0.3) is 0 Å². The minimum absolute atomic E-state index is 0.202. The van der Waals surface area contributed by atoms with E-state index in [4.69, 9.17) is 9.16 Å². The summed E-state index contributed by atoms with van der Waals surface area (Å²) in [6, 6.07) is 0. The van der Waals surface area contributed by atoms with E-state index in [-0.39, 0.29) is 11.0 Å². The largest absolute Gasteiger partial charge is 0.466 e. The molecule has 0 rings (SSSR count). The lowest BCUT2D eigenvalue weighted by Gasteiger charge is -2.37. The number of ether oxygens (including phenoxy) is 1. The SMILES string of the molecule is COC(=O)/C(=C/CCC(C/C=C(\C)CCC=C(C)C)CO[Si](C)(C)C(C)(C)C)CSC(C)C. The molecule has 0 spiro atoms. The summed E-state index contributed by atoms with van der Waals surface area (Å²) in [6.07, 6.45) is 11.9. The first kappa shape index (κ1) is 32.2. The summed E-state index contributed by atoms with van der Waals surface area (Å²) in [5, 5.41) is 0.697. The molecule has 33 heavy (non-hydrogen) atoms. The number of hydrogen-bond donors (Lipinski definition) is 0. The Morgan fingerprint density at radius 3 is 2.18 bits per heavy atom. The zero-order valence-corrected chi connectivity index (χ0v) is 25.3. The zero-order valence-electron chi connectivity index (χ0n) is 23.5. The predicted molar refractivity (Wildman–Crippen MR) is 151 cm³/mol. The van der Waals surface area contributed by atoms with Crippen LogP contribution in [-0.2, 0) is 14.0 Å². The molecule has 1 unspecified atom stereocenters. The lowest BCUT2D eigenvalue weighted by Crippen LogP contribution is -2.41. The molecule has 0 aromatic rings. The molecule has 0 aliphatic carbocycles. The normalized spacial score (nSPS) is 14.4. The molecule has 192 valence electrons. The van der Waals surface area contributed by atoms with E-state index in [2.05, 4.69) is 86.7 Å². The second-order valence-corrected chi connectivity index (χ2v) is 17.6. The quantitative estimate of drug-likeness (QED) is 0.0982. The molecule has 0 aromatic carbocycles. The van der Waals surface area contributed by atoms with Crippen LogP contribution in [0.2, 0.25) is 18.1 Å². The van der Waals surface area contributed by atoms with E-state index in [9.17, 15) is 4.79 Å². The minimum Gasteiger partial charge on any atom is -0.466 e. The Kier molecular flexibility index (Phi) is 15.6. The number of methoxy groups -OCH3 is 1. The van der Waals surface area contributed by atoms with Gasteiger partial charge in [0.2, 0.25) is 0 Å². The van der Waals surface area contributed by atoms with Gasteiger partial charge < -0.3 is 9.16 Å². The first-order valence-electron chi connectivity index (χ1n) is 12.5. The van der Waals surface area contributed by atoms with Crippen LogP contribution < -0.4 is 0 Å². The summed E-state index contributed by atoms with van der Waals surface area (Å²) in [6.45, 7) is 23.2. The van der Waals surface area contributed by atoms with Crippen LogP contribution in [-0.4, -0.2) is 39.0 Å². The van der Waals surface area contributed by atoms with Crippen molar-refractivity contribution in [3.05, 3.63) is 34.9 Å². The Hall–Kier alpha value is -0.783. The van der Waals surface area contributed by atoms with Gasteiger partial charge in [0.15, 0.2) is 8.32 Å². The van der Waals surface area contributed by atoms with Gasteiger partial charge in [0.1, 0.15) is 0 Å². The minimum atomic E-state index is -1.79. The molecular weight excluding hydrogens is 444 g/mol. The number of carbonyl (C=O) groups is 1. The lowest BCUT2D eigenvalue weighted by molar-refractivity contribution is -0.136. The van der Waals surface area contributed by atoms with Crippen LogP contribution in [0.1, 0.15) is 87.5 Å². The van der Waals surface area contributed by atoms with Gasteiger partial charge in [-0.15, -0.1) is 0 Å². The molecule has 0 aliphatic heterocycles. The monoisotopic (exact) mass is 496 g/mol. The maximum atomic E-state index is 12.2. The van der Waals surface area contributed by atoms with Crippen molar-refractivity contribution in [2.24, 2.45) is 5.92 Å². The number of esters is 1. The molecule has 0 amide bonds. The fourth-order valence-electron chi connectivity index (χ4n) is 2.95. The van der Waals surface area contributed by atoms with Gasteiger partial charge >= 0.3 is 5.97 Å². The predicted octanol–water partition coefficient (Wildman–Crippen LogP) is 8.73. The number of hydrogen-bond acceptors (Lipinski definition) is 4. The van der Waals surface area contributed by atoms with Gasteiger partial charge in [0.05, 0.1) is 7.11 Å². The van der Waals surface area contributed by atoms with Gasteiger partial charge in [-0.3, -0.25) is 0 Å².